The van der Waals surface area contributed by atoms with E-state index in [1.165, 1.54) is 7.05 Å². The molecule has 3 N–H and O–H groups in total. The van der Waals surface area contributed by atoms with Crippen molar-refractivity contribution in [2.24, 2.45) is 10.9 Å². The van der Waals surface area contributed by atoms with Gasteiger partial charge in [-0.05, 0) is 55.6 Å². The van der Waals surface area contributed by atoms with Gasteiger partial charge < -0.3 is 15.4 Å². The highest BCUT2D eigenvalue weighted by atomic mass is 32.2. The number of hydrogen-bond donors (Lipinski definition) is 3. The molecule has 0 unspecified atom stereocenters. The van der Waals surface area contributed by atoms with Gasteiger partial charge in [-0.2, -0.15) is 0 Å². The number of guanidine groups is 1. The predicted molar refractivity (Wildman–Crippen MR) is 126 cm³/mol. The van der Waals surface area contributed by atoms with Crippen LogP contribution in [0.3, 0.4) is 0 Å². The number of rotatable bonds is 10. The van der Waals surface area contributed by atoms with Crippen LogP contribution in [0, 0.1) is 12.8 Å². The summed E-state index contributed by atoms with van der Waals surface area (Å²) in [5, 5.41) is 6.52. The van der Waals surface area contributed by atoms with E-state index in [-0.39, 0.29) is 4.90 Å². The highest BCUT2D eigenvalue weighted by Crippen LogP contribution is 2.21. The van der Waals surface area contributed by atoms with Gasteiger partial charge in [0.1, 0.15) is 5.75 Å². The summed E-state index contributed by atoms with van der Waals surface area (Å²) in [6.07, 6.45) is 1.01. The number of ether oxygens (including phenoxy) is 1. The summed E-state index contributed by atoms with van der Waals surface area (Å²) < 4.78 is 32.3. The second kappa shape index (κ2) is 11.7. The van der Waals surface area contributed by atoms with E-state index in [1.54, 1.807) is 25.2 Å². The van der Waals surface area contributed by atoms with Crippen LogP contribution in [0.4, 0.5) is 0 Å². The summed E-state index contributed by atoms with van der Waals surface area (Å²) in [7, 11) is -0.369. The second-order valence-electron chi connectivity index (χ2n) is 7.78. The summed E-state index contributed by atoms with van der Waals surface area (Å²) in [5.41, 5.74) is 3.05. The van der Waals surface area contributed by atoms with Crippen molar-refractivity contribution in [3.8, 4) is 5.75 Å². The van der Waals surface area contributed by atoms with Gasteiger partial charge >= 0.3 is 0 Å². The third-order valence-electron chi connectivity index (χ3n) is 4.78. The van der Waals surface area contributed by atoms with Gasteiger partial charge in [0.2, 0.25) is 10.0 Å². The van der Waals surface area contributed by atoms with Gasteiger partial charge in [0.15, 0.2) is 5.96 Å². The Morgan fingerprint density at radius 3 is 2.52 bits per heavy atom. The van der Waals surface area contributed by atoms with Crippen molar-refractivity contribution in [3.05, 3.63) is 59.2 Å². The Kier molecular flexibility index (Phi) is 9.33. The fourth-order valence-corrected chi connectivity index (χ4v) is 3.67. The maximum Gasteiger partial charge on any atom is 0.240 e. The molecule has 0 aliphatic rings. The van der Waals surface area contributed by atoms with E-state index in [0.29, 0.717) is 31.6 Å². The fourth-order valence-electron chi connectivity index (χ4n) is 2.87. The van der Waals surface area contributed by atoms with Crippen molar-refractivity contribution < 1.29 is 13.2 Å². The Morgan fingerprint density at radius 2 is 1.84 bits per heavy atom. The lowest BCUT2D eigenvalue weighted by Gasteiger charge is -2.16. The van der Waals surface area contributed by atoms with E-state index in [2.05, 4.69) is 59.3 Å². The number of sulfonamides is 1. The molecular weight excluding hydrogens is 412 g/mol. The first-order chi connectivity index (χ1) is 14.7. The minimum atomic E-state index is -3.47. The van der Waals surface area contributed by atoms with Crippen LogP contribution in [-0.2, 0) is 23.1 Å². The molecule has 0 fully saturated rings. The Morgan fingerprint density at radius 1 is 1.10 bits per heavy atom. The lowest BCUT2D eigenvalue weighted by atomic mass is 10.1. The van der Waals surface area contributed by atoms with E-state index < -0.39 is 10.0 Å². The van der Waals surface area contributed by atoms with Crippen LogP contribution >= 0.6 is 0 Å². The average molecular weight is 447 g/mol. The number of aliphatic imine (C=N–C) groups is 1. The fraction of sp³-hybridized carbons (Fsp3) is 0.435. The van der Waals surface area contributed by atoms with Crippen LogP contribution in [0.1, 0.15) is 37.0 Å². The highest BCUT2D eigenvalue weighted by molar-refractivity contribution is 7.89. The predicted octanol–water partition coefficient (Wildman–Crippen LogP) is 3.19. The number of nitrogens with zero attached hydrogens (tertiary/aromatic N) is 1. The molecule has 0 amide bonds. The summed E-state index contributed by atoms with van der Waals surface area (Å²) in [6, 6.07) is 13.0. The molecule has 2 aromatic carbocycles. The van der Waals surface area contributed by atoms with Crippen LogP contribution in [0.2, 0.25) is 0 Å². The van der Waals surface area contributed by atoms with Crippen molar-refractivity contribution >= 4 is 16.0 Å². The molecule has 0 heterocycles. The molecule has 2 aromatic rings. The lowest BCUT2D eigenvalue weighted by molar-refractivity contribution is 0.286. The Bertz CT molecular complexity index is 988. The van der Waals surface area contributed by atoms with E-state index in [4.69, 9.17) is 4.74 Å². The van der Waals surface area contributed by atoms with Gasteiger partial charge in [-0.1, -0.05) is 38.1 Å². The van der Waals surface area contributed by atoms with Gasteiger partial charge in [0, 0.05) is 25.7 Å². The third kappa shape index (κ3) is 7.88. The van der Waals surface area contributed by atoms with Gasteiger partial charge in [0.05, 0.1) is 11.5 Å². The Balaban J connectivity index is 1.98. The zero-order chi connectivity index (χ0) is 22.9. The topological polar surface area (TPSA) is 91.8 Å². The summed E-state index contributed by atoms with van der Waals surface area (Å²) >= 11 is 0. The van der Waals surface area contributed by atoms with Crippen LogP contribution < -0.4 is 20.1 Å². The van der Waals surface area contributed by atoms with E-state index >= 15 is 0 Å². The minimum Gasteiger partial charge on any atom is -0.493 e. The summed E-state index contributed by atoms with van der Waals surface area (Å²) in [5.74, 6) is 2.10. The van der Waals surface area contributed by atoms with Gasteiger partial charge in [-0.25, -0.2) is 13.1 Å². The zero-order valence-electron chi connectivity index (χ0n) is 19.0. The number of aryl methyl sites for hydroxylation is 1. The molecule has 0 atom stereocenters. The zero-order valence-corrected chi connectivity index (χ0v) is 19.8. The number of benzene rings is 2. The van der Waals surface area contributed by atoms with Gasteiger partial charge in [-0.15, -0.1) is 0 Å². The molecule has 0 saturated carbocycles. The van der Waals surface area contributed by atoms with Crippen molar-refractivity contribution in [2.45, 2.75) is 45.2 Å². The Hall–Kier alpha value is -2.58. The van der Waals surface area contributed by atoms with Crippen LogP contribution in [0.25, 0.3) is 0 Å². The maximum atomic E-state index is 12.0. The molecule has 31 heavy (non-hydrogen) atoms. The maximum absolute atomic E-state index is 12.0. The molecule has 8 heteroatoms. The van der Waals surface area contributed by atoms with E-state index in [0.717, 1.165) is 28.9 Å². The molecule has 2 rings (SSSR count). The molecule has 0 aliphatic heterocycles. The first-order valence-electron chi connectivity index (χ1n) is 10.4. The normalized spacial score (nSPS) is 12.1. The summed E-state index contributed by atoms with van der Waals surface area (Å²) in [6.45, 7) is 8.11. The highest BCUT2D eigenvalue weighted by Gasteiger charge is 2.12. The van der Waals surface area contributed by atoms with Crippen LogP contribution in [-0.4, -0.2) is 35.1 Å². The van der Waals surface area contributed by atoms with Crippen LogP contribution in [0.5, 0.6) is 5.75 Å². The van der Waals surface area contributed by atoms with Crippen LogP contribution in [0.15, 0.2) is 52.4 Å². The third-order valence-corrected chi connectivity index (χ3v) is 6.19. The SMILES string of the molecule is CN=C(NCc1cccc(S(=O)(=O)NC)c1)NCc1ccc(C)cc1OCCC(C)C. The minimum absolute atomic E-state index is 0.236. The Labute approximate surface area is 186 Å². The van der Waals surface area contributed by atoms with E-state index in [9.17, 15) is 8.42 Å². The van der Waals surface area contributed by atoms with Crippen molar-refractivity contribution in [1.82, 2.24) is 15.4 Å². The number of hydrogen-bond acceptors (Lipinski definition) is 4. The molecular formula is C23H34N4O3S. The van der Waals surface area contributed by atoms with Crippen molar-refractivity contribution in [2.75, 3.05) is 20.7 Å². The smallest absolute Gasteiger partial charge is 0.240 e. The first-order valence-corrected chi connectivity index (χ1v) is 11.9. The van der Waals surface area contributed by atoms with Gasteiger partial charge in [-0.3, -0.25) is 4.99 Å². The van der Waals surface area contributed by atoms with E-state index in [1.807, 2.05) is 6.07 Å². The molecule has 0 spiro atoms. The largest absolute Gasteiger partial charge is 0.493 e. The second-order valence-corrected chi connectivity index (χ2v) is 9.66. The first kappa shape index (κ1) is 24.7. The molecule has 170 valence electrons. The quantitative estimate of drug-likeness (QED) is 0.385. The molecule has 0 aromatic heterocycles. The molecule has 0 bridgehead atoms. The molecule has 7 nitrogen and oxygen atoms in total. The average Bonchev–Trinajstić information content (AvgIpc) is 2.75. The molecule has 0 saturated heterocycles. The monoisotopic (exact) mass is 446 g/mol. The number of nitrogens with one attached hydrogen (secondary N) is 3. The summed E-state index contributed by atoms with van der Waals surface area (Å²) in [4.78, 5) is 4.50. The lowest BCUT2D eigenvalue weighted by Crippen LogP contribution is -2.36. The molecule has 0 aliphatic carbocycles. The van der Waals surface area contributed by atoms with Crippen molar-refractivity contribution in [3.63, 3.8) is 0 Å². The van der Waals surface area contributed by atoms with Crippen molar-refractivity contribution in [1.29, 1.82) is 0 Å². The standard InChI is InChI=1S/C23H34N4O3S/c1-17(2)11-12-30-22-13-18(3)9-10-20(22)16-27-23(24-4)26-15-19-7-6-8-21(14-19)31(28,29)25-5/h6-10,13-14,17,25H,11-12,15-16H2,1-5H3,(H2,24,26,27). The van der Waals surface area contributed by atoms with Gasteiger partial charge in [0.25, 0.3) is 0 Å². The molecule has 0 radical (unpaired) electrons.